The van der Waals surface area contributed by atoms with Crippen LogP contribution < -0.4 is 10.0 Å². The van der Waals surface area contributed by atoms with Crippen LogP contribution in [0.2, 0.25) is 0 Å². The standard InChI is InChI=1S/C18H26N2O3S/c1-13(2)20-24(22,23)12-17-7-5-4-6-16(17)11-19-18(21)10-14(3)15-8-9-15/h4-7,10,13,15,20H,8-9,11-12H2,1-3H3,(H,19,21). The quantitative estimate of drug-likeness (QED) is 0.707. The predicted octanol–water partition coefficient (Wildman–Crippen LogP) is 2.49. The van der Waals surface area contributed by atoms with E-state index >= 15 is 0 Å². The Morgan fingerprint density at radius 1 is 1.25 bits per heavy atom. The number of amides is 1. The van der Waals surface area contributed by atoms with Crippen molar-refractivity contribution < 1.29 is 13.2 Å². The van der Waals surface area contributed by atoms with Gasteiger partial charge >= 0.3 is 0 Å². The van der Waals surface area contributed by atoms with E-state index in [2.05, 4.69) is 10.0 Å². The van der Waals surface area contributed by atoms with Crippen LogP contribution in [0.25, 0.3) is 0 Å². The minimum absolute atomic E-state index is 0.0891. The number of hydrogen-bond donors (Lipinski definition) is 2. The Hall–Kier alpha value is -1.66. The second kappa shape index (κ2) is 7.94. The van der Waals surface area contributed by atoms with E-state index in [1.165, 1.54) is 12.8 Å². The average Bonchev–Trinajstić information content (AvgIpc) is 3.29. The summed E-state index contributed by atoms with van der Waals surface area (Å²) in [7, 11) is -3.39. The van der Waals surface area contributed by atoms with Gasteiger partial charge in [-0.25, -0.2) is 13.1 Å². The van der Waals surface area contributed by atoms with Gasteiger partial charge in [0, 0.05) is 18.7 Å². The fourth-order valence-corrected chi connectivity index (χ4v) is 4.07. The number of hydrogen-bond acceptors (Lipinski definition) is 3. The predicted molar refractivity (Wildman–Crippen MR) is 95.7 cm³/mol. The number of carbonyl (C=O) groups is 1. The van der Waals surface area contributed by atoms with Crippen molar-refractivity contribution in [2.75, 3.05) is 0 Å². The van der Waals surface area contributed by atoms with Gasteiger partial charge in [0.15, 0.2) is 0 Å². The van der Waals surface area contributed by atoms with Crippen molar-refractivity contribution in [2.45, 2.75) is 52.0 Å². The maximum Gasteiger partial charge on any atom is 0.244 e. The van der Waals surface area contributed by atoms with E-state index in [1.807, 2.05) is 25.1 Å². The van der Waals surface area contributed by atoms with Gasteiger partial charge in [-0.15, -0.1) is 0 Å². The highest BCUT2D eigenvalue weighted by molar-refractivity contribution is 7.88. The van der Waals surface area contributed by atoms with Crippen molar-refractivity contribution in [3.8, 4) is 0 Å². The molecule has 1 aliphatic carbocycles. The van der Waals surface area contributed by atoms with E-state index in [0.717, 1.165) is 11.1 Å². The molecular weight excluding hydrogens is 324 g/mol. The highest BCUT2D eigenvalue weighted by Gasteiger charge is 2.23. The third-order valence-corrected chi connectivity index (χ3v) is 5.43. The monoisotopic (exact) mass is 350 g/mol. The molecule has 24 heavy (non-hydrogen) atoms. The van der Waals surface area contributed by atoms with Crippen molar-refractivity contribution in [3.63, 3.8) is 0 Å². The number of rotatable bonds is 8. The van der Waals surface area contributed by atoms with Gasteiger partial charge in [-0.1, -0.05) is 29.8 Å². The summed E-state index contributed by atoms with van der Waals surface area (Å²) in [4.78, 5) is 12.0. The molecule has 132 valence electrons. The summed E-state index contributed by atoms with van der Waals surface area (Å²) in [5, 5.41) is 2.85. The SMILES string of the molecule is CC(=CC(=O)NCc1ccccc1CS(=O)(=O)NC(C)C)C1CC1. The van der Waals surface area contributed by atoms with Crippen molar-refractivity contribution in [3.05, 3.63) is 47.0 Å². The third-order valence-electron chi connectivity index (χ3n) is 3.91. The molecule has 0 spiro atoms. The van der Waals surface area contributed by atoms with Gasteiger partial charge in [0.2, 0.25) is 15.9 Å². The summed E-state index contributed by atoms with van der Waals surface area (Å²) >= 11 is 0. The molecule has 0 atom stereocenters. The summed E-state index contributed by atoms with van der Waals surface area (Å²) in [5.41, 5.74) is 2.63. The van der Waals surface area contributed by atoms with Gasteiger partial charge in [0.25, 0.3) is 0 Å². The third kappa shape index (κ3) is 6.09. The van der Waals surface area contributed by atoms with Gasteiger partial charge in [0.05, 0.1) is 5.75 Å². The number of nitrogens with one attached hydrogen (secondary N) is 2. The molecule has 1 saturated carbocycles. The van der Waals surface area contributed by atoms with Crippen LogP contribution in [-0.4, -0.2) is 20.4 Å². The molecule has 0 saturated heterocycles. The number of benzene rings is 1. The van der Waals surface area contributed by atoms with Crippen LogP contribution in [0, 0.1) is 5.92 Å². The highest BCUT2D eigenvalue weighted by atomic mass is 32.2. The zero-order chi connectivity index (χ0) is 17.7. The Kier molecular flexibility index (Phi) is 6.18. The molecule has 0 aliphatic heterocycles. The minimum Gasteiger partial charge on any atom is -0.348 e. The molecule has 6 heteroatoms. The lowest BCUT2D eigenvalue weighted by Gasteiger charge is -2.13. The molecule has 1 aliphatic rings. The Morgan fingerprint density at radius 2 is 1.88 bits per heavy atom. The summed E-state index contributed by atoms with van der Waals surface area (Å²) in [6, 6.07) is 7.14. The first-order valence-corrected chi connectivity index (χ1v) is 9.95. The maximum absolute atomic E-state index is 12.1. The summed E-state index contributed by atoms with van der Waals surface area (Å²) < 4.78 is 26.8. The van der Waals surface area contributed by atoms with Gasteiger partial charge in [-0.2, -0.15) is 0 Å². The van der Waals surface area contributed by atoms with Gasteiger partial charge in [-0.3, -0.25) is 4.79 Å². The lowest BCUT2D eigenvalue weighted by atomic mass is 10.1. The van der Waals surface area contributed by atoms with Crippen LogP contribution in [0.5, 0.6) is 0 Å². The smallest absolute Gasteiger partial charge is 0.244 e. The van der Waals surface area contributed by atoms with Gasteiger partial charge in [-0.05, 0) is 50.7 Å². The van der Waals surface area contributed by atoms with Crippen molar-refractivity contribution in [2.24, 2.45) is 5.92 Å². The zero-order valence-electron chi connectivity index (χ0n) is 14.5. The molecule has 1 fully saturated rings. The first kappa shape index (κ1) is 18.7. The maximum atomic E-state index is 12.1. The molecule has 0 unspecified atom stereocenters. The second-order valence-corrected chi connectivity index (χ2v) is 8.43. The first-order chi connectivity index (χ1) is 11.3. The largest absolute Gasteiger partial charge is 0.348 e. The zero-order valence-corrected chi connectivity index (χ0v) is 15.3. The number of sulfonamides is 1. The van der Waals surface area contributed by atoms with E-state index in [-0.39, 0.29) is 17.7 Å². The molecule has 1 amide bonds. The topological polar surface area (TPSA) is 75.3 Å². The van der Waals surface area contributed by atoms with Crippen molar-refractivity contribution in [1.82, 2.24) is 10.0 Å². The van der Waals surface area contributed by atoms with E-state index < -0.39 is 10.0 Å². The Labute approximate surface area is 144 Å². The van der Waals surface area contributed by atoms with E-state index in [1.54, 1.807) is 26.0 Å². The lowest BCUT2D eigenvalue weighted by Crippen LogP contribution is -2.31. The minimum atomic E-state index is -3.39. The molecule has 2 rings (SSSR count). The van der Waals surface area contributed by atoms with Crippen LogP contribution >= 0.6 is 0 Å². The average molecular weight is 350 g/mol. The summed E-state index contributed by atoms with van der Waals surface area (Å²) in [6.45, 7) is 5.88. The molecule has 1 aromatic carbocycles. The molecule has 2 N–H and O–H groups in total. The highest BCUT2D eigenvalue weighted by Crippen LogP contribution is 2.35. The van der Waals surface area contributed by atoms with Crippen LogP contribution in [0.3, 0.4) is 0 Å². The van der Waals surface area contributed by atoms with Crippen molar-refractivity contribution in [1.29, 1.82) is 0 Å². The molecule has 0 radical (unpaired) electrons. The normalized spacial score (nSPS) is 15.6. The molecule has 5 nitrogen and oxygen atoms in total. The number of allylic oxidation sites excluding steroid dienone is 1. The fraction of sp³-hybridized carbons (Fsp3) is 0.500. The second-order valence-electron chi connectivity index (χ2n) is 6.68. The molecule has 0 aromatic heterocycles. The molecule has 0 bridgehead atoms. The van der Waals surface area contributed by atoms with Crippen LogP contribution in [0.15, 0.2) is 35.9 Å². The van der Waals surface area contributed by atoms with Gasteiger partial charge < -0.3 is 5.32 Å². The summed E-state index contributed by atoms with van der Waals surface area (Å²) in [5.74, 6) is 0.349. The Bertz CT molecular complexity index is 720. The number of carbonyl (C=O) groups excluding carboxylic acids is 1. The molecular formula is C18H26N2O3S. The molecule has 0 heterocycles. The van der Waals surface area contributed by atoms with Crippen LogP contribution in [-0.2, 0) is 27.1 Å². The van der Waals surface area contributed by atoms with E-state index in [0.29, 0.717) is 18.0 Å². The Morgan fingerprint density at radius 3 is 2.46 bits per heavy atom. The van der Waals surface area contributed by atoms with Crippen LogP contribution in [0.4, 0.5) is 0 Å². The van der Waals surface area contributed by atoms with Gasteiger partial charge in [0.1, 0.15) is 0 Å². The Balaban J connectivity index is 2.00. The lowest BCUT2D eigenvalue weighted by molar-refractivity contribution is -0.116. The first-order valence-electron chi connectivity index (χ1n) is 8.29. The van der Waals surface area contributed by atoms with E-state index in [9.17, 15) is 13.2 Å². The van der Waals surface area contributed by atoms with Crippen LogP contribution in [0.1, 0.15) is 44.7 Å². The van der Waals surface area contributed by atoms with E-state index in [4.69, 9.17) is 0 Å². The van der Waals surface area contributed by atoms with Crippen molar-refractivity contribution >= 4 is 15.9 Å². The summed E-state index contributed by atoms with van der Waals surface area (Å²) in [6.07, 6.45) is 3.98. The molecule has 1 aromatic rings. The fourth-order valence-electron chi connectivity index (χ4n) is 2.57.